The number of hydrogen-bond donors (Lipinski definition) is 2. The number of aromatic amines is 1. The molecule has 0 radical (unpaired) electrons. The summed E-state index contributed by atoms with van der Waals surface area (Å²) < 4.78 is 0. The minimum atomic E-state index is -0.776. The number of halogens is 1. The summed E-state index contributed by atoms with van der Waals surface area (Å²) in [6.07, 6.45) is 10.0. The molecular weight excluding hydrogens is 498 g/mol. The Kier molecular flexibility index (Phi) is 8.44. The lowest BCUT2D eigenvalue weighted by atomic mass is 9.78. The molecule has 2 unspecified atom stereocenters. The zero-order valence-electron chi connectivity index (χ0n) is 22.8. The van der Waals surface area contributed by atoms with Crippen molar-refractivity contribution in [1.29, 1.82) is 0 Å². The van der Waals surface area contributed by atoms with Gasteiger partial charge in [0, 0.05) is 30.9 Å². The first-order chi connectivity index (χ1) is 18.4. The van der Waals surface area contributed by atoms with Crippen LogP contribution in [0.2, 0.25) is 5.15 Å². The number of unbranched alkanes of at least 4 members (excludes halogenated alkanes) is 1. The van der Waals surface area contributed by atoms with Gasteiger partial charge in [0.25, 0.3) is 0 Å². The van der Waals surface area contributed by atoms with E-state index in [0.29, 0.717) is 43.5 Å². The lowest BCUT2D eigenvalue weighted by Crippen LogP contribution is -2.73. The number of nitrogens with zero attached hydrogens (tertiary/aromatic N) is 3. The van der Waals surface area contributed by atoms with E-state index >= 15 is 0 Å². The van der Waals surface area contributed by atoms with Crippen molar-refractivity contribution in [2.75, 3.05) is 19.6 Å². The summed E-state index contributed by atoms with van der Waals surface area (Å²) in [5.41, 5.74) is 2.30. The first-order valence-electron chi connectivity index (χ1n) is 14.6. The number of aryl methyl sites for hydroxylation is 1. The van der Waals surface area contributed by atoms with Crippen LogP contribution in [0.1, 0.15) is 94.0 Å². The number of aromatic nitrogens is 2. The van der Waals surface area contributed by atoms with Crippen molar-refractivity contribution in [2.45, 2.75) is 95.7 Å². The monoisotopic (exact) mass is 539 g/mol. The molecule has 2 amide bonds. The van der Waals surface area contributed by atoms with Crippen molar-refractivity contribution in [1.82, 2.24) is 25.3 Å². The van der Waals surface area contributed by atoms with Gasteiger partial charge in [-0.2, -0.15) is 5.10 Å². The van der Waals surface area contributed by atoms with Crippen LogP contribution in [0.3, 0.4) is 0 Å². The first-order valence-corrected chi connectivity index (χ1v) is 14.9. The van der Waals surface area contributed by atoms with Gasteiger partial charge in [0.2, 0.25) is 11.8 Å². The van der Waals surface area contributed by atoms with E-state index in [1.807, 2.05) is 30.0 Å². The Morgan fingerprint density at radius 1 is 1.11 bits per heavy atom. The van der Waals surface area contributed by atoms with Gasteiger partial charge in [-0.1, -0.05) is 87.4 Å². The molecule has 2 N–H and O–H groups in total. The third-order valence-corrected chi connectivity index (χ3v) is 9.45. The molecule has 2 saturated heterocycles. The van der Waals surface area contributed by atoms with Gasteiger partial charge < -0.3 is 10.2 Å². The normalized spacial score (nSPS) is 23.6. The Morgan fingerprint density at radius 2 is 1.82 bits per heavy atom. The van der Waals surface area contributed by atoms with E-state index < -0.39 is 5.54 Å². The number of rotatable bonds is 8. The van der Waals surface area contributed by atoms with Crippen LogP contribution in [0, 0.1) is 12.8 Å². The highest BCUT2D eigenvalue weighted by Gasteiger charge is 2.54. The molecule has 3 aliphatic rings. The standard InChI is InChI=1S/C30H42ClN5O2/c1-3-4-17-36-28(37)24(20-22-11-7-5-8-12-22)32-29(38)30(36)15-18-35(19-16-30)26(23-13-9-6-10-14-23)25-21(2)33-34-27(25)31/h6,9-10,13-14,22,24,26H,3-5,7-8,11-12,15-20H2,1-2H3,(H,32,38)(H,33,34). The van der Waals surface area contributed by atoms with E-state index in [1.54, 1.807) is 0 Å². The number of piperidine rings is 1. The third-order valence-electron chi connectivity index (χ3n) is 9.16. The van der Waals surface area contributed by atoms with Gasteiger partial charge in [0.15, 0.2) is 5.15 Å². The average molecular weight is 540 g/mol. The molecule has 1 aliphatic carbocycles. The SMILES string of the molecule is CCCCN1C(=O)C(CC2CCCCC2)NC(=O)C12CCN(C(c1ccccc1)c1c(Cl)n[nH]c1C)CC2. The molecule has 1 aromatic heterocycles. The quantitative estimate of drug-likeness (QED) is 0.471. The Bertz CT molecular complexity index is 1090. The maximum Gasteiger partial charge on any atom is 0.246 e. The molecule has 1 aromatic carbocycles. The molecule has 8 heteroatoms. The highest BCUT2D eigenvalue weighted by Crippen LogP contribution is 2.41. The van der Waals surface area contributed by atoms with Crippen LogP contribution < -0.4 is 5.32 Å². The van der Waals surface area contributed by atoms with E-state index in [9.17, 15) is 9.59 Å². The van der Waals surface area contributed by atoms with Crippen molar-refractivity contribution >= 4 is 23.4 Å². The number of carbonyl (C=O) groups excluding carboxylic acids is 2. The first kappa shape index (κ1) is 27.2. The summed E-state index contributed by atoms with van der Waals surface area (Å²) in [5, 5.41) is 11.0. The van der Waals surface area contributed by atoms with Crippen LogP contribution in [0.4, 0.5) is 0 Å². The zero-order valence-corrected chi connectivity index (χ0v) is 23.6. The van der Waals surface area contributed by atoms with Gasteiger partial charge >= 0.3 is 0 Å². The zero-order chi connectivity index (χ0) is 26.7. The molecule has 5 rings (SSSR count). The van der Waals surface area contributed by atoms with Crippen molar-refractivity contribution in [2.24, 2.45) is 5.92 Å². The molecule has 2 aromatic rings. The van der Waals surface area contributed by atoms with E-state index in [2.05, 4.69) is 39.5 Å². The van der Waals surface area contributed by atoms with E-state index in [0.717, 1.165) is 36.1 Å². The molecule has 1 saturated carbocycles. The highest BCUT2D eigenvalue weighted by molar-refractivity contribution is 6.30. The lowest BCUT2D eigenvalue weighted by molar-refractivity contribution is -0.162. The third kappa shape index (κ3) is 5.24. The van der Waals surface area contributed by atoms with Crippen LogP contribution in [-0.4, -0.2) is 63.0 Å². The van der Waals surface area contributed by atoms with Crippen LogP contribution in [0.15, 0.2) is 30.3 Å². The summed E-state index contributed by atoms with van der Waals surface area (Å²) in [6, 6.07) is 9.91. The maximum absolute atomic E-state index is 13.9. The summed E-state index contributed by atoms with van der Waals surface area (Å²) in [5.74, 6) is 0.712. The van der Waals surface area contributed by atoms with Gasteiger partial charge in [-0.15, -0.1) is 0 Å². The predicted molar refractivity (Wildman–Crippen MR) is 150 cm³/mol. The Labute approximate surface area is 231 Å². The predicted octanol–water partition coefficient (Wildman–Crippen LogP) is 5.39. The van der Waals surface area contributed by atoms with E-state index in [-0.39, 0.29) is 23.9 Å². The molecule has 0 bridgehead atoms. The van der Waals surface area contributed by atoms with Crippen molar-refractivity contribution in [3.05, 3.63) is 52.3 Å². The number of benzene rings is 1. The minimum absolute atomic E-state index is 0.0439. The van der Waals surface area contributed by atoms with Gasteiger partial charge in [-0.3, -0.25) is 19.6 Å². The molecule has 2 atom stereocenters. The second-order valence-electron chi connectivity index (χ2n) is 11.5. The Balaban J connectivity index is 1.38. The molecular formula is C30H42ClN5O2. The lowest BCUT2D eigenvalue weighted by Gasteiger charge is -2.53. The largest absolute Gasteiger partial charge is 0.342 e. The summed E-state index contributed by atoms with van der Waals surface area (Å²) in [4.78, 5) is 32.1. The smallest absolute Gasteiger partial charge is 0.246 e. The van der Waals surface area contributed by atoms with E-state index in [1.165, 1.54) is 32.1 Å². The maximum atomic E-state index is 13.9. The van der Waals surface area contributed by atoms with Gasteiger partial charge in [0.05, 0.1) is 6.04 Å². The van der Waals surface area contributed by atoms with Crippen molar-refractivity contribution in [3.8, 4) is 0 Å². The van der Waals surface area contributed by atoms with Crippen molar-refractivity contribution < 1.29 is 9.59 Å². The summed E-state index contributed by atoms with van der Waals surface area (Å²) >= 11 is 6.58. The number of H-pyrrole nitrogens is 1. The highest BCUT2D eigenvalue weighted by atomic mass is 35.5. The molecule has 7 nitrogen and oxygen atoms in total. The van der Waals surface area contributed by atoms with Gasteiger partial charge in [-0.25, -0.2) is 0 Å². The molecule has 1 spiro atoms. The fraction of sp³-hybridized carbons (Fsp3) is 0.633. The molecule has 2 aliphatic heterocycles. The molecule has 206 valence electrons. The number of nitrogens with one attached hydrogen (secondary N) is 2. The van der Waals surface area contributed by atoms with Crippen LogP contribution in [0.5, 0.6) is 0 Å². The van der Waals surface area contributed by atoms with Gasteiger partial charge in [0.1, 0.15) is 11.6 Å². The molecule has 38 heavy (non-hydrogen) atoms. The van der Waals surface area contributed by atoms with E-state index in [4.69, 9.17) is 11.6 Å². The molecule has 3 heterocycles. The van der Waals surface area contributed by atoms with Crippen LogP contribution in [0.25, 0.3) is 0 Å². The Hall–Kier alpha value is -2.38. The second kappa shape index (κ2) is 11.8. The summed E-state index contributed by atoms with van der Waals surface area (Å²) in [7, 11) is 0. The fourth-order valence-corrected chi connectivity index (χ4v) is 7.29. The minimum Gasteiger partial charge on any atom is -0.342 e. The number of piperazine rings is 1. The number of amides is 2. The second-order valence-corrected chi connectivity index (χ2v) is 11.9. The Morgan fingerprint density at radius 3 is 2.45 bits per heavy atom. The van der Waals surface area contributed by atoms with Crippen LogP contribution in [-0.2, 0) is 9.59 Å². The number of hydrogen-bond acceptors (Lipinski definition) is 4. The fourth-order valence-electron chi connectivity index (χ4n) is 7.00. The van der Waals surface area contributed by atoms with Gasteiger partial charge in [-0.05, 0) is 44.1 Å². The van der Waals surface area contributed by atoms with Crippen LogP contribution >= 0.6 is 11.6 Å². The summed E-state index contributed by atoms with van der Waals surface area (Å²) in [6.45, 7) is 6.18. The average Bonchev–Trinajstić information content (AvgIpc) is 3.27. The number of carbonyl (C=O) groups is 2. The topological polar surface area (TPSA) is 81.3 Å². The molecule has 3 fully saturated rings. The van der Waals surface area contributed by atoms with Crippen molar-refractivity contribution in [3.63, 3.8) is 0 Å². The number of likely N-dealkylation sites (tertiary alicyclic amines) is 1.